The molecule has 2 rings (SSSR count). The second kappa shape index (κ2) is 4.35. The van der Waals surface area contributed by atoms with Crippen LogP contribution in [0, 0.1) is 0 Å². The number of aromatic amines is 1. The summed E-state index contributed by atoms with van der Waals surface area (Å²) in [4.78, 5) is 17.6. The van der Waals surface area contributed by atoms with Crippen LogP contribution in [0.25, 0.3) is 11.0 Å². The molecule has 0 amide bonds. The van der Waals surface area contributed by atoms with Crippen molar-refractivity contribution in [3.8, 4) is 0 Å². The molecule has 0 bridgehead atoms. The van der Waals surface area contributed by atoms with E-state index in [1.54, 1.807) is 0 Å². The third kappa shape index (κ3) is 2.50. The number of carbonyl (C=O) groups excluding carboxylic acids is 1. The van der Waals surface area contributed by atoms with Gasteiger partial charge in [0.2, 0.25) is 0 Å². The number of H-pyrrole nitrogens is 1. The fourth-order valence-corrected chi connectivity index (χ4v) is 1.90. The van der Waals surface area contributed by atoms with E-state index in [2.05, 4.69) is 9.97 Å². The summed E-state index contributed by atoms with van der Waals surface area (Å²) in [6, 6.07) is 7.70. The normalized spacial score (nSPS) is 10.7. The summed E-state index contributed by atoms with van der Waals surface area (Å²) in [6.07, 6.45) is 0. The number of aliphatic carboxylic acids is 1. The van der Waals surface area contributed by atoms with Crippen molar-refractivity contribution in [2.75, 3.05) is 5.75 Å². The highest BCUT2D eigenvalue weighted by Crippen LogP contribution is 2.14. The lowest BCUT2D eigenvalue weighted by Gasteiger charge is -1.98. The first-order valence-electron chi connectivity index (χ1n) is 4.47. The van der Waals surface area contributed by atoms with Gasteiger partial charge in [-0.25, -0.2) is 4.98 Å². The predicted molar refractivity (Wildman–Crippen MR) is 57.3 cm³/mol. The lowest BCUT2D eigenvalue weighted by atomic mass is 10.3. The average Bonchev–Trinajstić information content (AvgIpc) is 2.59. The van der Waals surface area contributed by atoms with Gasteiger partial charge in [-0.2, -0.15) is 0 Å². The zero-order valence-corrected chi connectivity index (χ0v) is 8.71. The van der Waals surface area contributed by atoms with Crippen molar-refractivity contribution in [1.29, 1.82) is 0 Å². The molecule has 1 aromatic heterocycles. The Bertz CT molecular complexity index is 448. The number of benzene rings is 1. The molecule has 0 aliphatic rings. The number of carboxylic acid groups (broad SMARTS) is 1. The molecule has 1 N–H and O–H groups in total. The first-order chi connectivity index (χ1) is 7.25. The van der Waals surface area contributed by atoms with Crippen LogP contribution in [0.2, 0.25) is 0 Å². The zero-order chi connectivity index (χ0) is 10.7. The summed E-state index contributed by atoms with van der Waals surface area (Å²) >= 11 is 1.27. The Morgan fingerprint density at radius 2 is 2.27 bits per heavy atom. The average molecular weight is 221 g/mol. The third-order valence-electron chi connectivity index (χ3n) is 1.90. The van der Waals surface area contributed by atoms with Crippen LogP contribution in [-0.4, -0.2) is 21.7 Å². The van der Waals surface area contributed by atoms with Crippen molar-refractivity contribution in [2.45, 2.75) is 5.75 Å². The fourth-order valence-electron chi connectivity index (χ4n) is 1.31. The summed E-state index contributed by atoms with van der Waals surface area (Å²) < 4.78 is 0. The molecule has 0 atom stereocenters. The van der Waals surface area contributed by atoms with Crippen molar-refractivity contribution in [1.82, 2.24) is 9.97 Å². The Labute approximate surface area is 90.7 Å². The summed E-state index contributed by atoms with van der Waals surface area (Å²) in [5, 5.41) is 10.2. The van der Waals surface area contributed by atoms with Gasteiger partial charge in [0, 0.05) is 5.75 Å². The van der Waals surface area contributed by atoms with Crippen LogP contribution >= 0.6 is 11.8 Å². The first kappa shape index (κ1) is 10.0. The van der Waals surface area contributed by atoms with E-state index in [4.69, 9.17) is 0 Å². The SMILES string of the molecule is O=C([O-])CSCc1nc2ccccc2[nH]1. The Balaban J connectivity index is 2.05. The van der Waals surface area contributed by atoms with Crippen LogP contribution in [-0.2, 0) is 10.5 Å². The van der Waals surface area contributed by atoms with Gasteiger partial charge in [0.15, 0.2) is 0 Å². The molecule has 0 unspecified atom stereocenters. The maximum absolute atomic E-state index is 10.2. The molecule has 2 aromatic rings. The molecule has 0 fully saturated rings. The number of para-hydroxylation sites is 2. The number of imidazole rings is 1. The van der Waals surface area contributed by atoms with Crippen molar-refractivity contribution in [3.05, 3.63) is 30.1 Å². The zero-order valence-electron chi connectivity index (χ0n) is 7.90. The Morgan fingerprint density at radius 3 is 3.00 bits per heavy atom. The lowest BCUT2D eigenvalue weighted by Crippen LogP contribution is -2.24. The largest absolute Gasteiger partial charge is 0.549 e. The molecule has 15 heavy (non-hydrogen) atoms. The van der Waals surface area contributed by atoms with Gasteiger partial charge >= 0.3 is 0 Å². The predicted octanol–water partition coefficient (Wildman–Crippen LogP) is 0.546. The monoisotopic (exact) mass is 221 g/mol. The van der Waals surface area contributed by atoms with E-state index >= 15 is 0 Å². The Hall–Kier alpha value is -1.49. The second-order valence-corrected chi connectivity index (χ2v) is 4.05. The summed E-state index contributed by atoms with van der Waals surface area (Å²) in [5.74, 6) is 0.304. The van der Waals surface area contributed by atoms with Crippen molar-refractivity contribution >= 4 is 28.8 Å². The van der Waals surface area contributed by atoms with Crippen molar-refractivity contribution < 1.29 is 9.90 Å². The fraction of sp³-hybridized carbons (Fsp3) is 0.200. The minimum atomic E-state index is -1.05. The quantitative estimate of drug-likeness (QED) is 0.818. The molecule has 0 aliphatic heterocycles. The van der Waals surface area contributed by atoms with E-state index in [0.717, 1.165) is 16.9 Å². The molecule has 0 saturated heterocycles. The molecule has 0 spiro atoms. The molecule has 0 saturated carbocycles. The van der Waals surface area contributed by atoms with Crippen LogP contribution in [0.1, 0.15) is 5.82 Å². The lowest BCUT2D eigenvalue weighted by molar-refractivity contribution is -0.301. The van der Waals surface area contributed by atoms with Gasteiger partial charge in [0.1, 0.15) is 5.82 Å². The Kier molecular flexibility index (Phi) is 2.91. The molecule has 78 valence electrons. The highest BCUT2D eigenvalue weighted by atomic mass is 32.2. The molecular formula is C10H9N2O2S-. The van der Waals surface area contributed by atoms with E-state index in [9.17, 15) is 9.90 Å². The van der Waals surface area contributed by atoms with E-state index in [1.165, 1.54) is 11.8 Å². The number of carbonyl (C=O) groups is 1. The van der Waals surface area contributed by atoms with Gasteiger partial charge in [-0.15, -0.1) is 11.8 Å². The van der Waals surface area contributed by atoms with Crippen LogP contribution in [0.3, 0.4) is 0 Å². The molecule has 4 nitrogen and oxygen atoms in total. The third-order valence-corrected chi connectivity index (χ3v) is 2.81. The number of hydrogen-bond donors (Lipinski definition) is 1. The van der Waals surface area contributed by atoms with Crippen LogP contribution in [0.5, 0.6) is 0 Å². The van der Waals surface area contributed by atoms with Crippen LogP contribution in [0.15, 0.2) is 24.3 Å². The van der Waals surface area contributed by atoms with Crippen LogP contribution < -0.4 is 5.11 Å². The maximum Gasteiger partial charge on any atom is 0.117 e. The second-order valence-electron chi connectivity index (χ2n) is 3.07. The van der Waals surface area contributed by atoms with Gasteiger partial charge < -0.3 is 14.9 Å². The summed E-state index contributed by atoms with van der Waals surface area (Å²) in [5.41, 5.74) is 1.88. The minimum absolute atomic E-state index is 0.00293. The van der Waals surface area contributed by atoms with E-state index in [1.807, 2.05) is 24.3 Å². The first-order valence-corrected chi connectivity index (χ1v) is 5.62. The van der Waals surface area contributed by atoms with Crippen LogP contribution in [0.4, 0.5) is 0 Å². The summed E-state index contributed by atoms with van der Waals surface area (Å²) in [7, 11) is 0. The molecule has 1 aromatic carbocycles. The highest BCUT2D eigenvalue weighted by Gasteiger charge is 2.01. The number of nitrogens with zero attached hydrogens (tertiary/aromatic N) is 1. The van der Waals surface area contributed by atoms with E-state index in [0.29, 0.717) is 5.75 Å². The van der Waals surface area contributed by atoms with Gasteiger partial charge in [-0.3, -0.25) is 0 Å². The van der Waals surface area contributed by atoms with Crippen molar-refractivity contribution in [3.63, 3.8) is 0 Å². The highest BCUT2D eigenvalue weighted by molar-refractivity contribution is 7.99. The van der Waals surface area contributed by atoms with Crippen molar-refractivity contribution in [2.24, 2.45) is 0 Å². The van der Waals surface area contributed by atoms with Gasteiger partial charge in [-0.1, -0.05) is 12.1 Å². The summed E-state index contributed by atoms with van der Waals surface area (Å²) in [6.45, 7) is 0. The van der Waals surface area contributed by atoms with Gasteiger partial charge in [-0.05, 0) is 12.1 Å². The number of aromatic nitrogens is 2. The van der Waals surface area contributed by atoms with Gasteiger partial charge in [0.05, 0.1) is 22.8 Å². The number of rotatable bonds is 4. The standard InChI is InChI=1S/C10H10N2O2S/c13-10(14)6-15-5-9-11-7-3-1-2-4-8(7)12-9/h1-4H,5-6H2,(H,11,12)(H,13,14)/p-1. The Morgan fingerprint density at radius 1 is 1.47 bits per heavy atom. The number of nitrogens with one attached hydrogen (secondary N) is 1. The van der Waals surface area contributed by atoms with Gasteiger partial charge in [0.25, 0.3) is 0 Å². The molecule has 1 heterocycles. The number of hydrogen-bond acceptors (Lipinski definition) is 4. The number of fused-ring (bicyclic) bond motifs is 1. The van der Waals surface area contributed by atoms with E-state index < -0.39 is 5.97 Å². The van der Waals surface area contributed by atoms with E-state index in [-0.39, 0.29) is 5.75 Å². The molecule has 0 radical (unpaired) electrons. The minimum Gasteiger partial charge on any atom is -0.549 e. The molecule has 0 aliphatic carbocycles. The molecular weight excluding hydrogens is 212 g/mol. The number of thioether (sulfide) groups is 1. The number of carboxylic acids is 1. The topological polar surface area (TPSA) is 68.8 Å². The smallest absolute Gasteiger partial charge is 0.117 e. The maximum atomic E-state index is 10.2. The molecule has 5 heteroatoms.